The molecule has 1 aliphatic rings. The molecule has 1 aliphatic heterocycles. The van der Waals surface area contributed by atoms with Gasteiger partial charge in [0.25, 0.3) is 0 Å². The Morgan fingerprint density at radius 3 is 2.53 bits per heavy atom. The van der Waals surface area contributed by atoms with Gasteiger partial charge >= 0.3 is 0 Å². The van der Waals surface area contributed by atoms with E-state index < -0.39 is 0 Å². The summed E-state index contributed by atoms with van der Waals surface area (Å²) in [6.45, 7) is 7.80. The summed E-state index contributed by atoms with van der Waals surface area (Å²) in [5.74, 6) is 0.940. The first-order valence-electron chi connectivity index (χ1n) is 6.26. The van der Waals surface area contributed by atoms with Crippen LogP contribution < -0.4 is 10.1 Å². The number of benzene rings is 1. The van der Waals surface area contributed by atoms with E-state index in [9.17, 15) is 0 Å². The van der Waals surface area contributed by atoms with Gasteiger partial charge in [0.05, 0.1) is 19.8 Å². The highest BCUT2D eigenvalue weighted by Gasteiger charge is 2.32. The van der Waals surface area contributed by atoms with Gasteiger partial charge in [-0.15, -0.1) is 0 Å². The number of hydrogen-bond acceptors (Lipinski definition) is 3. The predicted octanol–water partition coefficient (Wildman–Crippen LogP) is 2.92. The SMILES string of the molecule is CCCOc1ccc(NCC2(C)COC2)cc1. The average molecular weight is 235 g/mol. The van der Waals surface area contributed by atoms with Crippen molar-refractivity contribution in [2.45, 2.75) is 20.3 Å². The van der Waals surface area contributed by atoms with E-state index in [0.717, 1.165) is 44.2 Å². The molecule has 0 unspecified atom stereocenters. The van der Waals surface area contributed by atoms with E-state index in [4.69, 9.17) is 9.47 Å². The second kappa shape index (κ2) is 5.41. The topological polar surface area (TPSA) is 30.5 Å². The summed E-state index contributed by atoms with van der Waals surface area (Å²) in [7, 11) is 0. The van der Waals surface area contributed by atoms with Gasteiger partial charge in [0, 0.05) is 17.6 Å². The highest BCUT2D eigenvalue weighted by Crippen LogP contribution is 2.27. The van der Waals surface area contributed by atoms with Gasteiger partial charge in [-0.1, -0.05) is 13.8 Å². The molecule has 0 saturated carbocycles. The molecule has 2 rings (SSSR count). The first-order valence-corrected chi connectivity index (χ1v) is 6.26. The minimum absolute atomic E-state index is 0.303. The van der Waals surface area contributed by atoms with Gasteiger partial charge in [-0.25, -0.2) is 0 Å². The monoisotopic (exact) mass is 235 g/mol. The van der Waals surface area contributed by atoms with Crippen molar-refractivity contribution in [2.75, 3.05) is 31.7 Å². The summed E-state index contributed by atoms with van der Waals surface area (Å²) >= 11 is 0. The van der Waals surface area contributed by atoms with Crippen LogP contribution in [0.25, 0.3) is 0 Å². The molecule has 94 valence electrons. The molecule has 0 radical (unpaired) electrons. The Kier molecular flexibility index (Phi) is 3.89. The van der Waals surface area contributed by atoms with Crippen LogP contribution >= 0.6 is 0 Å². The molecule has 1 aromatic rings. The highest BCUT2D eigenvalue weighted by atomic mass is 16.5. The lowest BCUT2D eigenvalue weighted by atomic mass is 9.89. The molecule has 0 spiro atoms. The van der Waals surface area contributed by atoms with E-state index >= 15 is 0 Å². The number of hydrogen-bond donors (Lipinski definition) is 1. The minimum Gasteiger partial charge on any atom is -0.494 e. The third kappa shape index (κ3) is 3.37. The van der Waals surface area contributed by atoms with E-state index in [1.165, 1.54) is 0 Å². The summed E-state index contributed by atoms with van der Waals surface area (Å²) in [6, 6.07) is 8.15. The molecular weight excluding hydrogens is 214 g/mol. The molecule has 3 nitrogen and oxygen atoms in total. The number of ether oxygens (including phenoxy) is 2. The third-order valence-electron chi connectivity index (χ3n) is 2.95. The van der Waals surface area contributed by atoms with Crippen LogP contribution in [0.2, 0.25) is 0 Å². The Bertz CT molecular complexity index is 344. The summed E-state index contributed by atoms with van der Waals surface area (Å²) in [4.78, 5) is 0. The van der Waals surface area contributed by atoms with Gasteiger partial charge in [0.2, 0.25) is 0 Å². The lowest BCUT2D eigenvalue weighted by molar-refractivity contribution is -0.0924. The number of anilines is 1. The van der Waals surface area contributed by atoms with E-state index in [-0.39, 0.29) is 0 Å². The fourth-order valence-corrected chi connectivity index (χ4v) is 1.76. The first-order chi connectivity index (χ1) is 8.22. The Morgan fingerprint density at radius 1 is 1.29 bits per heavy atom. The Labute approximate surface area is 103 Å². The lowest BCUT2D eigenvalue weighted by Gasteiger charge is -2.38. The van der Waals surface area contributed by atoms with Crippen molar-refractivity contribution < 1.29 is 9.47 Å². The maximum atomic E-state index is 5.54. The molecule has 17 heavy (non-hydrogen) atoms. The summed E-state index contributed by atoms with van der Waals surface area (Å²) in [5.41, 5.74) is 1.44. The second-order valence-electron chi connectivity index (χ2n) is 5.03. The average Bonchev–Trinajstić information content (AvgIpc) is 2.33. The number of nitrogens with one attached hydrogen (secondary N) is 1. The molecule has 1 saturated heterocycles. The van der Waals surface area contributed by atoms with E-state index in [1.54, 1.807) is 0 Å². The molecule has 1 heterocycles. The molecule has 1 aromatic carbocycles. The summed E-state index contributed by atoms with van der Waals surface area (Å²) in [6.07, 6.45) is 1.04. The van der Waals surface area contributed by atoms with Crippen LogP contribution in [0.5, 0.6) is 5.75 Å². The first kappa shape index (κ1) is 12.2. The van der Waals surface area contributed by atoms with Crippen molar-refractivity contribution >= 4 is 5.69 Å². The second-order valence-corrected chi connectivity index (χ2v) is 5.03. The van der Waals surface area contributed by atoms with Crippen molar-refractivity contribution in [3.63, 3.8) is 0 Å². The molecule has 0 aromatic heterocycles. The minimum atomic E-state index is 0.303. The zero-order valence-electron chi connectivity index (χ0n) is 10.7. The van der Waals surface area contributed by atoms with Crippen LogP contribution in [-0.2, 0) is 4.74 Å². The summed E-state index contributed by atoms with van der Waals surface area (Å²) in [5, 5.41) is 3.43. The van der Waals surface area contributed by atoms with E-state index in [2.05, 4.69) is 31.3 Å². The van der Waals surface area contributed by atoms with E-state index in [0.29, 0.717) is 5.41 Å². The van der Waals surface area contributed by atoms with Crippen LogP contribution in [0.15, 0.2) is 24.3 Å². The molecule has 0 amide bonds. The van der Waals surface area contributed by atoms with Crippen molar-refractivity contribution in [3.05, 3.63) is 24.3 Å². The standard InChI is InChI=1S/C14H21NO2/c1-3-8-17-13-6-4-12(5-7-13)15-9-14(2)10-16-11-14/h4-7,15H,3,8-11H2,1-2H3. The molecule has 3 heteroatoms. The van der Waals surface area contributed by atoms with Crippen LogP contribution in [0.3, 0.4) is 0 Å². The van der Waals surface area contributed by atoms with Crippen LogP contribution in [0, 0.1) is 5.41 Å². The zero-order chi connectivity index (χ0) is 12.1. The maximum absolute atomic E-state index is 5.54. The van der Waals surface area contributed by atoms with Gasteiger partial charge in [-0.2, -0.15) is 0 Å². The van der Waals surface area contributed by atoms with Crippen LogP contribution in [-0.4, -0.2) is 26.4 Å². The predicted molar refractivity (Wildman–Crippen MR) is 69.6 cm³/mol. The largest absolute Gasteiger partial charge is 0.494 e. The van der Waals surface area contributed by atoms with E-state index in [1.807, 2.05) is 12.1 Å². The fourth-order valence-electron chi connectivity index (χ4n) is 1.76. The smallest absolute Gasteiger partial charge is 0.119 e. The normalized spacial score (nSPS) is 17.3. The molecule has 1 N–H and O–H groups in total. The van der Waals surface area contributed by atoms with Crippen molar-refractivity contribution in [2.24, 2.45) is 5.41 Å². The van der Waals surface area contributed by atoms with Gasteiger partial charge < -0.3 is 14.8 Å². The summed E-state index contributed by atoms with van der Waals surface area (Å²) < 4.78 is 10.8. The van der Waals surface area contributed by atoms with Gasteiger partial charge in [-0.05, 0) is 30.7 Å². The number of rotatable bonds is 6. The Hall–Kier alpha value is -1.22. The van der Waals surface area contributed by atoms with Gasteiger partial charge in [0.15, 0.2) is 0 Å². The van der Waals surface area contributed by atoms with Crippen LogP contribution in [0.1, 0.15) is 20.3 Å². The molecule has 0 aliphatic carbocycles. The van der Waals surface area contributed by atoms with Gasteiger partial charge in [0.1, 0.15) is 5.75 Å². The van der Waals surface area contributed by atoms with Gasteiger partial charge in [-0.3, -0.25) is 0 Å². The van der Waals surface area contributed by atoms with Crippen molar-refractivity contribution in [1.29, 1.82) is 0 Å². The molecule has 1 fully saturated rings. The molecule has 0 atom stereocenters. The fraction of sp³-hybridized carbons (Fsp3) is 0.571. The zero-order valence-corrected chi connectivity index (χ0v) is 10.7. The molecule has 0 bridgehead atoms. The third-order valence-corrected chi connectivity index (χ3v) is 2.95. The van der Waals surface area contributed by atoms with Crippen molar-refractivity contribution in [3.8, 4) is 5.75 Å². The lowest BCUT2D eigenvalue weighted by Crippen LogP contribution is -2.45. The van der Waals surface area contributed by atoms with Crippen molar-refractivity contribution in [1.82, 2.24) is 0 Å². The quantitative estimate of drug-likeness (QED) is 0.822. The molecular formula is C14H21NO2. The maximum Gasteiger partial charge on any atom is 0.119 e. The Balaban J connectivity index is 1.81. The highest BCUT2D eigenvalue weighted by molar-refractivity contribution is 5.46. The van der Waals surface area contributed by atoms with Crippen LogP contribution in [0.4, 0.5) is 5.69 Å². The Morgan fingerprint density at radius 2 is 2.00 bits per heavy atom.